The van der Waals surface area contributed by atoms with E-state index in [-0.39, 0.29) is 17.9 Å². The van der Waals surface area contributed by atoms with E-state index in [1.807, 2.05) is 22.6 Å². The number of esters is 1. The molecule has 0 saturated carbocycles. The first-order valence-corrected chi connectivity index (χ1v) is 5.43. The van der Waals surface area contributed by atoms with E-state index in [4.69, 9.17) is 0 Å². The van der Waals surface area contributed by atoms with Crippen LogP contribution in [0.4, 0.5) is 0 Å². The van der Waals surface area contributed by atoms with Crippen LogP contribution in [0.15, 0.2) is 11.0 Å². The van der Waals surface area contributed by atoms with Gasteiger partial charge < -0.3 is 4.74 Å². The molecule has 0 atom stereocenters. The maximum Gasteiger partial charge on any atom is 0.307 e. The zero-order chi connectivity index (χ0) is 11.4. The fourth-order valence-corrected chi connectivity index (χ4v) is 1.55. The molecule has 1 aromatic heterocycles. The standard InChI is InChI=1S/C9H11IN2O3/c1-6-11-5-7(10)9(14)12(6)4-3-8(13)15-2/h5H,3-4H2,1-2H3. The molecule has 6 heteroatoms. The zero-order valence-electron chi connectivity index (χ0n) is 8.49. The molecule has 0 bridgehead atoms. The number of halogens is 1. The van der Waals surface area contributed by atoms with Crippen molar-refractivity contribution < 1.29 is 9.53 Å². The molecule has 1 heterocycles. The average molecular weight is 322 g/mol. The Morgan fingerprint density at radius 2 is 2.33 bits per heavy atom. The Morgan fingerprint density at radius 3 is 2.93 bits per heavy atom. The van der Waals surface area contributed by atoms with Gasteiger partial charge in [0.25, 0.3) is 5.56 Å². The van der Waals surface area contributed by atoms with Crippen molar-refractivity contribution in [3.63, 3.8) is 0 Å². The number of hydrogen-bond acceptors (Lipinski definition) is 4. The predicted molar refractivity (Wildman–Crippen MR) is 62.6 cm³/mol. The third kappa shape index (κ3) is 3.01. The summed E-state index contributed by atoms with van der Waals surface area (Å²) in [4.78, 5) is 26.6. The van der Waals surface area contributed by atoms with E-state index in [1.54, 1.807) is 6.92 Å². The smallest absolute Gasteiger partial charge is 0.307 e. The number of methoxy groups -OCH3 is 1. The third-order valence-electron chi connectivity index (χ3n) is 1.97. The van der Waals surface area contributed by atoms with Crippen LogP contribution in [0, 0.1) is 10.5 Å². The molecular weight excluding hydrogens is 311 g/mol. The van der Waals surface area contributed by atoms with Gasteiger partial charge in [-0.2, -0.15) is 0 Å². The van der Waals surface area contributed by atoms with Gasteiger partial charge in [0.15, 0.2) is 0 Å². The maximum atomic E-state index is 11.7. The second kappa shape index (κ2) is 5.24. The lowest BCUT2D eigenvalue weighted by atomic mass is 10.4. The molecular formula is C9H11IN2O3. The molecule has 1 aromatic rings. The number of carbonyl (C=O) groups is 1. The Hall–Kier alpha value is -0.920. The lowest BCUT2D eigenvalue weighted by Crippen LogP contribution is -2.26. The molecule has 1 rings (SSSR count). The normalized spacial score (nSPS) is 10.1. The monoisotopic (exact) mass is 322 g/mol. The summed E-state index contributed by atoms with van der Waals surface area (Å²) in [6, 6.07) is 0. The topological polar surface area (TPSA) is 61.2 Å². The summed E-state index contributed by atoms with van der Waals surface area (Å²) in [6.45, 7) is 2.04. The number of carbonyl (C=O) groups excluding carboxylic acids is 1. The fourth-order valence-electron chi connectivity index (χ4n) is 1.12. The summed E-state index contributed by atoms with van der Waals surface area (Å²) >= 11 is 1.92. The van der Waals surface area contributed by atoms with Gasteiger partial charge in [0.05, 0.1) is 17.1 Å². The Labute approximate surface area is 101 Å². The van der Waals surface area contributed by atoms with E-state index in [1.165, 1.54) is 17.9 Å². The van der Waals surface area contributed by atoms with E-state index < -0.39 is 0 Å². The quantitative estimate of drug-likeness (QED) is 0.608. The number of nitrogens with zero attached hydrogens (tertiary/aromatic N) is 2. The minimum atomic E-state index is -0.333. The van der Waals surface area contributed by atoms with Crippen LogP contribution in [-0.4, -0.2) is 22.6 Å². The molecule has 0 aliphatic heterocycles. The number of ether oxygens (including phenoxy) is 1. The van der Waals surface area contributed by atoms with Crippen molar-refractivity contribution in [3.05, 3.63) is 25.9 Å². The first-order valence-electron chi connectivity index (χ1n) is 4.35. The van der Waals surface area contributed by atoms with E-state index in [9.17, 15) is 9.59 Å². The van der Waals surface area contributed by atoms with Crippen molar-refractivity contribution in [1.82, 2.24) is 9.55 Å². The van der Waals surface area contributed by atoms with Crippen molar-refractivity contribution >= 4 is 28.6 Å². The van der Waals surface area contributed by atoms with Crippen molar-refractivity contribution in [3.8, 4) is 0 Å². The van der Waals surface area contributed by atoms with E-state index in [0.29, 0.717) is 15.9 Å². The van der Waals surface area contributed by atoms with Crippen molar-refractivity contribution in [2.24, 2.45) is 0 Å². The summed E-state index contributed by atoms with van der Waals surface area (Å²) in [7, 11) is 1.32. The van der Waals surface area contributed by atoms with Crippen molar-refractivity contribution in [2.45, 2.75) is 19.9 Å². The molecule has 0 aliphatic rings. The summed E-state index contributed by atoms with van der Waals surface area (Å²) in [5.74, 6) is 0.268. The minimum Gasteiger partial charge on any atom is -0.469 e. The highest BCUT2D eigenvalue weighted by molar-refractivity contribution is 14.1. The number of rotatable bonds is 3. The summed E-state index contributed by atoms with van der Waals surface area (Å²) in [6.07, 6.45) is 1.70. The van der Waals surface area contributed by atoms with Crippen LogP contribution in [-0.2, 0) is 16.1 Å². The Bertz CT molecular complexity index is 428. The van der Waals surface area contributed by atoms with Gasteiger partial charge >= 0.3 is 5.97 Å². The van der Waals surface area contributed by atoms with E-state index >= 15 is 0 Å². The summed E-state index contributed by atoms with van der Waals surface area (Å²) < 4.78 is 6.52. The SMILES string of the molecule is COC(=O)CCn1c(C)ncc(I)c1=O. The third-order valence-corrected chi connectivity index (χ3v) is 2.71. The van der Waals surface area contributed by atoms with E-state index in [2.05, 4.69) is 9.72 Å². The van der Waals surface area contributed by atoms with Crippen LogP contribution in [0.2, 0.25) is 0 Å². The van der Waals surface area contributed by atoms with E-state index in [0.717, 1.165) is 0 Å². The zero-order valence-corrected chi connectivity index (χ0v) is 10.6. The lowest BCUT2D eigenvalue weighted by Gasteiger charge is -2.07. The Kier molecular flexibility index (Phi) is 4.25. The molecule has 0 amide bonds. The average Bonchev–Trinajstić information content (AvgIpc) is 2.23. The minimum absolute atomic E-state index is 0.119. The molecule has 0 aromatic carbocycles. The lowest BCUT2D eigenvalue weighted by molar-refractivity contribution is -0.140. The molecule has 0 saturated heterocycles. The van der Waals surface area contributed by atoms with Gasteiger partial charge in [-0.1, -0.05) is 0 Å². The van der Waals surface area contributed by atoms with Crippen LogP contribution in [0.3, 0.4) is 0 Å². The van der Waals surface area contributed by atoms with Crippen molar-refractivity contribution in [2.75, 3.05) is 7.11 Å². The highest BCUT2D eigenvalue weighted by atomic mass is 127. The van der Waals surface area contributed by atoms with Crippen LogP contribution >= 0.6 is 22.6 Å². The molecule has 0 unspecified atom stereocenters. The van der Waals surface area contributed by atoms with Gasteiger partial charge in [-0.05, 0) is 29.5 Å². The van der Waals surface area contributed by atoms with Crippen LogP contribution in [0.5, 0.6) is 0 Å². The second-order valence-electron chi connectivity index (χ2n) is 2.94. The first-order chi connectivity index (χ1) is 7.06. The van der Waals surface area contributed by atoms with Gasteiger partial charge in [-0.25, -0.2) is 4.98 Å². The number of hydrogen-bond donors (Lipinski definition) is 0. The number of aromatic nitrogens is 2. The highest BCUT2D eigenvalue weighted by Crippen LogP contribution is 1.99. The molecule has 0 spiro atoms. The van der Waals surface area contributed by atoms with Crippen molar-refractivity contribution in [1.29, 1.82) is 0 Å². The largest absolute Gasteiger partial charge is 0.469 e. The van der Waals surface area contributed by atoms with Crippen LogP contribution < -0.4 is 5.56 Å². The van der Waals surface area contributed by atoms with Gasteiger partial charge in [0.2, 0.25) is 0 Å². The Morgan fingerprint density at radius 1 is 1.67 bits per heavy atom. The molecule has 0 N–H and O–H groups in total. The Balaban J connectivity index is 2.90. The molecule has 15 heavy (non-hydrogen) atoms. The summed E-state index contributed by atoms with van der Waals surface area (Å²) in [5, 5.41) is 0. The second-order valence-corrected chi connectivity index (χ2v) is 4.10. The first kappa shape index (κ1) is 12.2. The molecule has 0 fully saturated rings. The van der Waals surface area contributed by atoms with Gasteiger partial charge in [0, 0.05) is 12.7 Å². The highest BCUT2D eigenvalue weighted by Gasteiger charge is 2.07. The van der Waals surface area contributed by atoms with Crippen LogP contribution in [0.1, 0.15) is 12.2 Å². The van der Waals surface area contributed by atoms with Gasteiger partial charge in [0.1, 0.15) is 5.82 Å². The number of aryl methyl sites for hydroxylation is 1. The molecule has 0 radical (unpaired) electrons. The molecule has 82 valence electrons. The van der Waals surface area contributed by atoms with Crippen LogP contribution in [0.25, 0.3) is 0 Å². The van der Waals surface area contributed by atoms with Gasteiger partial charge in [-0.3, -0.25) is 14.2 Å². The molecule has 0 aliphatic carbocycles. The summed E-state index contributed by atoms with van der Waals surface area (Å²) in [5.41, 5.74) is -0.119. The fraction of sp³-hybridized carbons (Fsp3) is 0.444. The predicted octanol–water partition coefficient (Wildman–Crippen LogP) is 0.719. The molecule has 5 nitrogen and oxygen atoms in total. The maximum absolute atomic E-state index is 11.7. The van der Waals surface area contributed by atoms with Gasteiger partial charge in [-0.15, -0.1) is 0 Å².